The number of aliphatic hydroxyl groups is 1. The van der Waals surface area contributed by atoms with Crippen molar-refractivity contribution in [3.63, 3.8) is 0 Å². The Morgan fingerprint density at radius 2 is 1.40 bits per heavy atom. The summed E-state index contributed by atoms with van der Waals surface area (Å²) in [6.07, 6.45) is 0.622. The Kier molecular flexibility index (Phi) is 12.8. The number of hydrogen-bond donors (Lipinski definition) is 7. The number of amides is 3. The molecule has 0 rings (SSSR count). The van der Waals surface area contributed by atoms with Gasteiger partial charge in [0.05, 0.1) is 6.10 Å². The third-order valence-electron chi connectivity index (χ3n) is 4.47. The van der Waals surface area contributed by atoms with E-state index in [1.54, 1.807) is 0 Å². The molecule has 0 saturated heterocycles. The molecule has 0 radical (unpaired) electrons. The van der Waals surface area contributed by atoms with E-state index in [4.69, 9.17) is 16.6 Å². The SMILES string of the molecule is CC(C)CC(NC(=O)C(N)C(C)O)C(=O)NC(CCCCN)C(=O)NC(C)C(=O)O. The second-order valence-electron chi connectivity index (χ2n) is 7.87. The Labute approximate surface area is 177 Å². The van der Waals surface area contributed by atoms with Crippen molar-refractivity contribution in [1.29, 1.82) is 0 Å². The quantitative estimate of drug-likeness (QED) is 0.160. The van der Waals surface area contributed by atoms with Gasteiger partial charge >= 0.3 is 5.97 Å². The Hall–Kier alpha value is -2.24. The molecule has 174 valence electrons. The highest BCUT2D eigenvalue weighted by molar-refractivity contribution is 5.94. The molecule has 5 atom stereocenters. The first-order valence-electron chi connectivity index (χ1n) is 10.2. The van der Waals surface area contributed by atoms with Gasteiger partial charge in [0.2, 0.25) is 17.7 Å². The predicted molar refractivity (Wildman–Crippen MR) is 111 cm³/mol. The van der Waals surface area contributed by atoms with Crippen molar-refractivity contribution in [3.05, 3.63) is 0 Å². The monoisotopic (exact) mass is 431 g/mol. The highest BCUT2D eigenvalue weighted by Gasteiger charge is 2.30. The van der Waals surface area contributed by atoms with Crippen molar-refractivity contribution in [2.24, 2.45) is 17.4 Å². The molecule has 0 heterocycles. The molecule has 0 aromatic heterocycles. The van der Waals surface area contributed by atoms with Crippen LogP contribution in [-0.2, 0) is 19.2 Å². The number of nitrogens with one attached hydrogen (secondary N) is 3. The van der Waals surface area contributed by atoms with Crippen molar-refractivity contribution >= 4 is 23.7 Å². The Morgan fingerprint density at radius 1 is 0.867 bits per heavy atom. The summed E-state index contributed by atoms with van der Waals surface area (Å²) in [5.74, 6) is -3.07. The van der Waals surface area contributed by atoms with Crippen molar-refractivity contribution in [2.45, 2.75) is 83.6 Å². The van der Waals surface area contributed by atoms with Crippen LogP contribution in [0.15, 0.2) is 0 Å². The maximum absolute atomic E-state index is 12.8. The van der Waals surface area contributed by atoms with Crippen LogP contribution in [-0.4, -0.2) is 70.7 Å². The third-order valence-corrected chi connectivity index (χ3v) is 4.47. The lowest BCUT2D eigenvalue weighted by Gasteiger charge is -2.26. The lowest BCUT2D eigenvalue weighted by Crippen LogP contribution is -2.58. The van der Waals surface area contributed by atoms with Gasteiger partial charge in [-0.2, -0.15) is 0 Å². The molecule has 11 heteroatoms. The van der Waals surface area contributed by atoms with Gasteiger partial charge in [-0.15, -0.1) is 0 Å². The number of rotatable bonds is 14. The first-order valence-corrected chi connectivity index (χ1v) is 10.2. The lowest BCUT2D eigenvalue weighted by molar-refractivity contribution is -0.142. The van der Waals surface area contributed by atoms with Gasteiger partial charge in [0, 0.05) is 0 Å². The van der Waals surface area contributed by atoms with Gasteiger partial charge in [-0.25, -0.2) is 0 Å². The number of unbranched alkanes of at least 4 members (excludes halogenated alkanes) is 1. The normalized spacial score (nSPS) is 16.1. The summed E-state index contributed by atoms with van der Waals surface area (Å²) in [7, 11) is 0. The third kappa shape index (κ3) is 10.5. The summed E-state index contributed by atoms with van der Waals surface area (Å²) < 4.78 is 0. The van der Waals surface area contributed by atoms with Crippen LogP contribution >= 0.6 is 0 Å². The highest BCUT2D eigenvalue weighted by Crippen LogP contribution is 2.08. The van der Waals surface area contributed by atoms with Gasteiger partial charge < -0.3 is 37.6 Å². The smallest absolute Gasteiger partial charge is 0.325 e. The van der Waals surface area contributed by atoms with Crippen LogP contribution < -0.4 is 27.4 Å². The molecule has 0 aromatic rings. The number of nitrogens with two attached hydrogens (primary N) is 2. The Morgan fingerprint density at radius 3 is 1.87 bits per heavy atom. The van der Waals surface area contributed by atoms with Gasteiger partial charge in [0.1, 0.15) is 24.2 Å². The molecule has 0 aliphatic carbocycles. The first kappa shape index (κ1) is 27.8. The van der Waals surface area contributed by atoms with Crippen LogP contribution in [0.3, 0.4) is 0 Å². The van der Waals surface area contributed by atoms with Gasteiger partial charge in [-0.3, -0.25) is 19.2 Å². The number of carboxylic acids is 1. The van der Waals surface area contributed by atoms with Crippen LogP contribution in [0.4, 0.5) is 0 Å². The predicted octanol–water partition coefficient (Wildman–Crippen LogP) is -1.57. The van der Waals surface area contributed by atoms with Gasteiger partial charge in [-0.1, -0.05) is 13.8 Å². The maximum atomic E-state index is 12.8. The zero-order valence-electron chi connectivity index (χ0n) is 18.2. The minimum absolute atomic E-state index is 0.0420. The van der Waals surface area contributed by atoms with E-state index in [1.807, 2.05) is 13.8 Å². The topological polar surface area (TPSA) is 197 Å². The van der Waals surface area contributed by atoms with E-state index in [1.165, 1.54) is 13.8 Å². The van der Waals surface area contributed by atoms with Crippen LogP contribution in [0.1, 0.15) is 53.4 Å². The molecule has 0 fully saturated rings. The van der Waals surface area contributed by atoms with Gasteiger partial charge in [0.25, 0.3) is 0 Å². The molecule has 0 aromatic carbocycles. The molecule has 0 spiro atoms. The van der Waals surface area contributed by atoms with E-state index >= 15 is 0 Å². The van der Waals surface area contributed by atoms with Crippen molar-refractivity contribution in [1.82, 2.24) is 16.0 Å². The van der Waals surface area contributed by atoms with Gasteiger partial charge in [-0.05, 0) is 52.0 Å². The van der Waals surface area contributed by atoms with Gasteiger partial charge in [0.15, 0.2) is 0 Å². The van der Waals surface area contributed by atoms with E-state index in [9.17, 15) is 24.3 Å². The summed E-state index contributed by atoms with van der Waals surface area (Å²) in [6, 6.07) is -4.28. The minimum Gasteiger partial charge on any atom is -0.480 e. The molecule has 30 heavy (non-hydrogen) atoms. The fraction of sp³-hybridized carbons (Fsp3) is 0.789. The fourth-order valence-corrected chi connectivity index (χ4v) is 2.60. The fourth-order valence-electron chi connectivity index (χ4n) is 2.60. The van der Waals surface area contributed by atoms with E-state index in [0.29, 0.717) is 19.4 Å². The standard InChI is InChI=1S/C19H37N5O6/c1-10(2)9-14(24-18(28)15(21)12(4)25)17(27)23-13(7-5-6-8-20)16(26)22-11(3)19(29)30/h10-15,25H,5-9,20-21H2,1-4H3,(H,22,26)(H,23,27)(H,24,28)(H,29,30). The van der Waals surface area contributed by atoms with Crippen molar-refractivity contribution in [2.75, 3.05) is 6.54 Å². The largest absolute Gasteiger partial charge is 0.480 e. The molecule has 0 aliphatic rings. The van der Waals surface area contributed by atoms with Crippen molar-refractivity contribution < 1.29 is 29.4 Å². The summed E-state index contributed by atoms with van der Waals surface area (Å²) in [6.45, 7) is 6.82. The zero-order valence-corrected chi connectivity index (χ0v) is 18.2. The summed E-state index contributed by atoms with van der Waals surface area (Å²) >= 11 is 0. The van der Waals surface area contributed by atoms with E-state index in [0.717, 1.165) is 0 Å². The van der Waals surface area contributed by atoms with Crippen LogP contribution in [0.5, 0.6) is 0 Å². The van der Waals surface area contributed by atoms with Crippen LogP contribution in [0, 0.1) is 5.92 Å². The molecule has 11 nitrogen and oxygen atoms in total. The molecule has 5 unspecified atom stereocenters. The number of carboxylic acid groups (broad SMARTS) is 1. The van der Waals surface area contributed by atoms with Crippen LogP contribution in [0.2, 0.25) is 0 Å². The average molecular weight is 432 g/mol. The van der Waals surface area contributed by atoms with E-state index < -0.39 is 54.0 Å². The molecule has 0 aliphatic heterocycles. The second kappa shape index (κ2) is 13.9. The molecular formula is C19H37N5O6. The highest BCUT2D eigenvalue weighted by atomic mass is 16.4. The average Bonchev–Trinajstić information content (AvgIpc) is 2.65. The number of carbonyl (C=O) groups is 4. The minimum atomic E-state index is -1.20. The molecule has 3 amide bonds. The number of carbonyl (C=O) groups excluding carboxylic acids is 3. The summed E-state index contributed by atoms with van der Waals surface area (Å²) in [4.78, 5) is 48.5. The van der Waals surface area contributed by atoms with Crippen LogP contribution in [0.25, 0.3) is 0 Å². The Balaban J connectivity index is 5.34. The van der Waals surface area contributed by atoms with E-state index in [-0.39, 0.29) is 18.8 Å². The van der Waals surface area contributed by atoms with E-state index in [2.05, 4.69) is 16.0 Å². The molecule has 0 bridgehead atoms. The van der Waals surface area contributed by atoms with Crippen molar-refractivity contribution in [3.8, 4) is 0 Å². The summed E-state index contributed by atoms with van der Waals surface area (Å²) in [5, 5.41) is 25.9. The molecule has 9 N–H and O–H groups in total. The Bertz CT molecular complexity index is 584. The molecule has 0 saturated carbocycles. The number of hydrogen-bond acceptors (Lipinski definition) is 7. The first-order chi connectivity index (χ1) is 13.9. The maximum Gasteiger partial charge on any atom is 0.325 e. The second-order valence-corrected chi connectivity index (χ2v) is 7.87. The lowest BCUT2D eigenvalue weighted by atomic mass is 10.0. The number of aliphatic hydroxyl groups excluding tert-OH is 1. The zero-order chi connectivity index (χ0) is 23.4. The molecular weight excluding hydrogens is 394 g/mol. The summed E-state index contributed by atoms with van der Waals surface area (Å²) in [5.41, 5.74) is 11.1. The number of aliphatic carboxylic acids is 1.